The first kappa shape index (κ1) is 24.5. The van der Waals surface area contributed by atoms with Gasteiger partial charge in [-0.15, -0.1) is 0 Å². The van der Waals surface area contributed by atoms with Crippen LogP contribution in [0.4, 0.5) is 5.82 Å². The first-order chi connectivity index (χ1) is 15.9. The van der Waals surface area contributed by atoms with Crippen LogP contribution in [0.3, 0.4) is 0 Å². The molecular formula is C23H31N5O5. The minimum Gasteiger partial charge on any atom is -0.481 e. The Morgan fingerprint density at radius 1 is 1.33 bits per heavy atom. The zero-order valence-electron chi connectivity index (χ0n) is 18.9. The van der Waals surface area contributed by atoms with Crippen LogP contribution in [0, 0.1) is 17.2 Å². The fourth-order valence-corrected chi connectivity index (χ4v) is 4.40. The Bertz CT molecular complexity index is 1010. The third-order valence-electron chi connectivity index (χ3n) is 6.17. The largest absolute Gasteiger partial charge is 0.481 e. The van der Waals surface area contributed by atoms with Crippen molar-refractivity contribution in [2.24, 2.45) is 5.92 Å². The van der Waals surface area contributed by atoms with Crippen molar-refractivity contribution in [3.8, 4) is 6.07 Å². The second kappa shape index (κ2) is 11.1. The molecule has 0 aromatic carbocycles. The number of fused-ring (bicyclic) bond motifs is 1. The monoisotopic (exact) mass is 457 g/mol. The summed E-state index contributed by atoms with van der Waals surface area (Å²) in [5, 5.41) is 22.3. The van der Waals surface area contributed by atoms with Gasteiger partial charge >= 0.3 is 11.9 Å². The maximum atomic E-state index is 11.3. The summed E-state index contributed by atoms with van der Waals surface area (Å²) >= 11 is 0. The minimum atomic E-state index is -1.13. The molecule has 4 rings (SSSR count). The Hall–Kier alpha value is -3.19. The van der Waals surface area contributed by atoms with Crippen LogP contribution in [0.5, 0.6) is 0 Å². The van der Waals surface area contributed by atoms with E-state index < -0.39 is 11.6 Å². The van der Waals surface area contributed by atoms with Crippen molar-refractivity contribution in [1.29, 1.82) is 5.26 Å². The lowest BCUT2D eigenvalue weighted by Crippen LogP contribution is -2.28. The fourth-order valence-electron chi connectivity index (χ4n) is 4.40. The molecule has 10 nitrogen and oxygen atoms in total. The number of aliphatic carboxylic acids is 1. The number of carbonyl (C=O) groups is 2. The number of nitrogens with two attached hydrogens (primary N) is 1. The van der Waals surface area contributed by atoms with E-state index in [1.807, 2.05) is 0 Å². The predicted molar refractivity (Wildman–Crippen MR) is 119 cm³/mol. The fraction of sp³-hybridized carbons (Fsp3) is 0.609. The summed E-state index contributed by atoms with van der Waals surface area (Å²) in [7, 11) is 0. The van der Waals surface area contributed by atoms with Crippen molar-refractivity contribution in [3.63, 3.8) is 0 Å². The molecule has 2 aliphatic rings. The average molecular weight is 458 g/mol. The van der Waals surface area contributed by atoms with E-state index in [1.54, 1.807) is 23.6 Å². The molecule has 1 aliphatic heterocycles. The van der Waals surface area contributed by atoms with Gasteiger partial charge in [-0.05, 0) is 43.7 Å². The lowest BCUT2D eigenvalue weighted by atomic mass is 9.87. The first-order valence-corrected chi connectivity index (χ1v) is 11.4. The molecule has 2 fully saturated rings. The number of hydrogen-bond acceptors (Lipinski definition) is 8. The molecule has 1 aliphatic carbocycles. The molecule has 1 saturated carbocycles. The summed E-state index contributed by atoms with van der Waals surface area (Å²) in [6, 6.07) is 5.77. The van der Waals surface area contributed by atoms with Crippen molar-refractivity contribution in [3.05, 3.63) is 24.2 Å². The van der Waals surface area contributed by atoms with Gasteiger partial charge in [-0.1, -0.05) is 26.2 Å². The van der Waals surface area contributed by atoms with E-state index in [0.29, 0.717) is 48.6 Å². The smallest absolute Gasteiger partial charge is 0.305 e. The summed E-state index contributed by atoms with van der Waals surface area (Å²) in [5.41, 5.74) is 5.93. The number of anilines is 1. The van der Waals surface area contributed by atoms with E-state index in [0.717, 1.165) is 12.8 Å². The molecule has 10 heteroatoms. The topological polar surface area (TPSA) is 153 Å². The molecule has 3 N–H and O–H groups in total. The number of rotatable bonds is 6. The van der Waals surface area contributed by atoms with Crippen molar-refractivity contribution < 1.29 is 24.2 Å². The number of carboxylic acid groups (broad SMARTS) is 1. The molecule has 1 saturated heterocycles. The van der Waals surface area contributed by atoms with E-state index in [9.17, 15) is 14.9 Å². The maximum Gasteiger partial charge on any atom is 0.305 e. The average Bonchev–Trinajstić information content (AvgIpc) is 3.44. The number of ether oxygens (including phenoxy) is 2. The molecule has 0 radical (unpaired) electrons. The third kappa shape index (κ3) is 5.99. The van der Waals surface area contributed by atoms with Crippen molar-refractivity contribution in [1.82, 2.24) is 14.6 Å². The van der Waals surface area contributed by atoms with Gasteiger partial charge in [0.2, 0.25) is 0 Å². The van der Waals surface area contributed by atoms with Gasteiger partial charge in [0.15, 0.2) is 11.4 Å². The second-order valence-electron chi connectivity index (χ2n) is 8.52. The summed E-state index contributed by atoms with van der Waals surface area (Å²) in [6.45, 7) is 1.88. The number of nitrogen functional groups attached to an aromatic ring is 1. The van der Waals surface area contributed by atoms with Crippen LogP contribution < -0.4 is 5.73 Å². The van der Waals surface area contributed by atoms with Crippen LogP contribution in [0.25, 0.3) is 5.52 Å². The summed E-state index contributed by atoms with van der Waals surface area (Å²) < 4.78 is 12.6. The zero-order valence-corrected chi connectivity index (χ0v) is 18.9. The highest BCUT2D eigenvalue weighted by molar-refractivity contribution is 5.69. The molecule has 2 aromatic heterocycles. The molecule has 2 atom stereocenters. The predicted octanol–water partition coefficient (Wildman–Crippen LogP) is 3.20. The zero-order chi connectivity index (χ0) is 23.8. The molecule has 3 heterocycles. The van der Waals surface area contributed by atoms with Gasteiger partial charge in [0.1, 0.15) is 24.5 Å². The molecule has 2 aromatic rings. The standard InChI is InChI=1S/C15H17N5O3.C8H14O2/c1-2-13(21)22-7-10-5-6-15(8-16,23-10)12-4-3-11-14(17)18-9-19-20(11)12;9-8(10)6-7-4-2-1-3-5-7/h3-4,9-10H,2,5-7H2,1H3,(H2,17,18,19);7H,1-6H2,(H,9,10). The molecule has 0 amide bonds. The maximum absolute atomic E-state index is 11.3. The number of carboxylic acids is 1. The number of nitrogens with zero attached hydrogens (tertiary/aromatic N) is 4. The molecule has 33 heavy (non-hydrogen) atoms. The Labute approximate surface area is 192 Å². The molecule has 0 bridgehead atoms. The van der Waals surface area contributed by atoms with Gasteiger partial charge in [0.05, 0.1) is 11.8 Å². The summed E-state index contributed by atoms with van der Waals surface area (Å²) in [4.78, 5) is 25.5. The lowest BCUT2D eigenvalue weighted by Gasteiger charge is -2.21. The highest BCUT2D eigenvalue weighted by Crippen LogP contribution is 2.39. The minimum absolute atomic E-state index is 0.149. The van der Waals surface area contributed by atoms with Crippen molar-refractivity contribution in [2.75, 3.05) is 12.3 Å². The number of nitriles is 1. The van der Waals surface area contributed by atoms with E-state index >= 15 is 0 Å². The Morgan fingerprint density at radius 3 is 2.76 bits per heavy atom. The third-order valence-corrected chi connectivity index (χ3v) is 6.17. The number of esters is 1. The van der Waals surface area contributed by atoms with Gasteiger partial charge in [0, 0.05) is 12.8 Å². The number of hydrogen-bond donors (Lipinski definition) is 2. The van der Waals surface area contributed by atoms with Crippen LogP contribution >= 0.6 is 0 Å². The number of carbonyl (C=O) groups excluding carboxylic acids is 1. The van der Waals surface area contributed by atoms with Gasteiger partial charge in [0.25, 0.3) is 0 Å². The molecule has 178 valence electrons. The Morgan fingerprint density at radius 2 is 2.09 bits per heavy atom. The van der Waals surface area contributed by atoms with Crippen molar-refractivity contribution in [2.45, 2.75) is 76.4 Å². The van der Waals surface area contributed by atoms with Crippen LogP contribution in [-0.2, 0) is 24.7 Å². The van der Waals surface area contributed by atoms with Gasteiger partial charge in [-0.2, -0.15) is 10.4 Å². The molecule has 2 unspecified atom stereocenters. The highest BCUT2D eigenvalue weighted by atomic mass is 16.6. The van der Waals surface area contributed by atoms with Gasteiger partial charge in [-0.25, -0.2) is 9.50 Å². The number of aromatic nitrogens is 3. The van der Waals surface area contributed by atoms with Crippen LogP contribution in [-0.4, -0.2) is 44.4 Å². The summed E-state index contributed by atoms with van der Waals surface area (Å²) in [5.74, 6) is -0.0966. The first-order valence-electron chi connectivity index (χ1n) is 11.4. The van der Waals surface area contributed by atoms with E-state index in [2.05, 4.69) is 16.2 Å². The molecular weight excluding hydrogens is 426 g/mol. The van der Waals surface area contributed by atoms with Gasteiger partial charge in [-0.3, -0.25) is 9.59 Å². The van der Waals surface area contributed by atoms with Crippen molar-refractivity contribution >= 4 is 23.3 Å². The Kier molecular flexibility index (Phi) is 8.22. The normalized spacial score (nSPS) is 22.8. The second-order valence-corrected chi connectivity index (χ2v) is 8.52. The lowest BCUT2D eigenvalue weighted by molar-refractivity contribution is -0.148. The van der Waals surface area contributed by atoms with E-state index in [4.69, 9.17) is 20.3 Å². The van der Waals surface area contributed by atoms with E-state index in [-0.39, 0.29) is 18.7 Å². The van der Waals surface area contributed by atoms with Crippen LogP contribution in [0.1, 0.15) is 70.4 Å². The van der Waals surface area contributed by atoms with E-state index in [1.165, 1.54) is 25.6 Å². The van der Waals surface area contributed by atoms with Crippen LogP contribution in [0.15, 0.2) is 18.5 Å². The SMILES string of the molecule is CCC(=O)OCC1CCC(C#N)(c2ccc3c(N)ncnn23)O1.O=C(O)CC1CCCCC1. The van der Waals surface area contributed by atoms with Gasteiger partial charge < -0.3 is 20.3 Å². The Balaban J connectivity index is 0.000000257. The quantitative estimate of drug-likeness (QED) is 0.622. The van der Waals surface area contributed by atoms with Crippen LogP contribution in [0.2, 0.25) is 0 Å². The molecule has 0 spiro atoms. The summed E-state index contributed by atoms with van der Waals surface area (Å²) in [6.07, 6.45) is 8.88. The highest BCUT2D eigenvalue weighted by Gasteiger charge is 2.45.